The molecular formula is C35H36F4N6O6. The number of nitrogens with one attached hydrogen (secondary N) is 3. The van der Waals surface area contributed by atoms with Crippen molar-refractivity contribution >= 4 is 47.2 Å². The summed E-state index contributed by atoms with van der Waals surface area (Å²) in [5.41, 5.74) is 3.93. The topological polar surface area (TPSA) is 147 Å². The highest BCUT2D eigenvalue weighted by Crippen LogP contribution is 2.19. The fourth-order valence-corrected chi connectivity index (χ4v) is 4.87. The van der Waals surface area contributed by atoms with Crippen molar-refractivity contribution in [3.05, 3.63) is 107 Å². The number of benzene rings is 2. The fraction of sp³-hybridized carbons (Fsp3) is 0.257. The maximum absolute atomic E-state index is 13.1. The Bertz CT molecular complexity index is 1860. The molecule has 1 saturated heterocycles. The highest BCUT2D eigenvalue weighted by molar-refractivity contribution is 6.07. The van der Waals surface area contributed by atoms with Crippen LogP contribution in [0.2, 0.25) is 0 Å². The van der Waals surface area contributed by atoms with Gasteiger partial charge in [0.1, 0.15) is 17.2 Å². The average Bonchev–Trinajstić information content (AvgIpc) is 3.65. The third kappa shape index (κ3) is 11.4. The number of alkyl halides is 3. The van der Waals surface area contributed by atoms with Crippen molar-refractivity contribution in [2.75, 3.05) is 50.0 Å². The molecule has 3 heterocycles. The van der Waals surface area contributed by atoms with Gasteiger partial charge in [0.05, 0.1) is 24.6 Å². The number of rotatable bonds is 10. The first kappa shape index (κ1) is 38.1. The Morgan fingerprint density at radius 3 is 1.76 bits per heavy atom. The van der Waals surface area contributed by atoms with E-state index < -0.39 is 12.1 Å². The standard InChI is InChI=1S/C33H35FN6O4.C2HF3O2/c1-38-22-28(19-29(38)32(42)35-13-14-40-15-17-44-18-16-40)37-33(43)30-20-27(21-39(30)2)36-31(41)25-9-5-23(6-10-25)3-4-24-7-11-26(34)12-8-24;3-2(4,5)1(6)7/h3-12,19-22H,13-18H2,1-2H3,(H,35,42)(H,36,41)(H,37,43);(H,6,7)/b4-3+;. The summed E-state index contributed by atoms with van der Waals surface area (Å²) >= 11 is 0. The molecule has 0 radical (unpaired) electrons. The van der Waals surface area contributed by atoms with E-state index in [0.717, 1.165) is 30.8 Å². The van der Waals surface area contributed by atoms with Crippen LogP contribution in [0.4, 0.5) is 28.9 Å². The van der Waals surface area contributed by atoms with Crippen LogP contribution in [0.15, 0.2) is 73.1 Å². The Labute approximate surface area is 290 Å². The van der Waals surface area contributed by atoms with Gasteiger partial charge in [-0.2, -0.15) is 13.2 Å². The highest BCUT2D eigenvalue weighted by atomic mass is 19.4. The number of anilines is 2. The van der Waals surface area contributed by atoms with Crippen LogP contribution in [0.25, 0.3) is 12.2 Å². The number of ether oxygens (including phenoxy) is 1. The number of carboxylic acid groups (broad SMARTS) is 1. The Morgan fingerprint density at radius 2 is 1.25 bits per heavy atom. The number of nitrogens with zero attached hydrogens (tertiary/aromatic N) is 3. The van der Waals surface area contributed by atoms with Gasteiger partial charge in [0.15, 0.2) is 0 Å². The lowest BCUT2D eigenvalue weighted by atomic mass is 10.1. The number of carbonyl (C=O) groups is 4. The minimum atomic E-state index is -5.08. The molecule has 4 N–H and O–H groups in total. The number of aryl methyl sites for hydroxylation is 2. The van der Waals surface area contributed by atoms with Crippen molar-refractivity contribution in [1.82, 2.24) is 19.4 Å². The molecular weight excluding hydrogens is 676 g/mol. The molecule has 0 unspecified atom stereocenters. The van der Waals surface area contributed by atoms with Gasteiger partial charge in [-0.05, 0) is 47.5 Å². The predicted octanol–water partition coefficient (Wildman–Crippen LogP) is 4.87. The Morgan fingerprint density at radius 1 is 0.784 bits per heavy atom. The number of aliphatic carboxylic acids is 1. The molecule has 270 valence electrons. The van der Waals surface area contributed by atoms with E-state index >= 15 is 0 Å². The molecule has 12 nitrogen and oxygen atoms in total. The summed E-state index contributed by atoms with van der Waals surface area (Å²) in [6.07, 6.45) is 2.00. The number of hydrogen-bond acceptors (Lipinski definition) is 6. The van der Waals surface area contributed by atoms with Crippen molar-refractivity contribution in [2.45, 2.75) is 6.18 Å². The predicted molar refractivity (Wildman–Crippen MR) is 182 cm³/mol. The van der Waals surface area contributed by atoms with Crippen LogP contribution in [0.3, 0.4) is 0 Å². The Hall–Kier alpha value is -5.74. The molecule has 0 spiro atoms. The summed E-state index contributed by atoms with van der Waals surface area (Å²) in [6.45, 7) is 4.38. The van der Waals surface area contributed by atoms with E-state index in [2.05, 4.69) is 20.9 Å². The quantitative estimate of drug-likeness (QED) is 0.136. The molecule has 2 aromatic heterocycles. The second kappa shape index (κ2) is 17.3. The molecule has 1 aliphatic rings. The van der Waals surface area contributed by atoms with E-state index in [1.165, 1.54) is 12.1 Å². The lowest BCUT2D eigenvalue weighted by Gasteiger charge is -2.26. The van der Waals surface area contributed by atoms with Gasteiger partial charge in [-0.1, -0.05) is 36.4 Å². The third-order valence-electron chi connectivity index (χ3n) is 7.56. The maximum Gasteiger partial charge on any atom is 0.490 e. The zero-order chi connectivity index (χ0) is 37.1. The summed E-state index contributed by atoms with van der Waals surface area (Å²) in [4.78, 5) is 49.8. The molecule has 0 bridgehead atoms. The minimum Gasteiger partial charge on any atom is -0.475 e. The normalized spacial score (nSPS) is 13.3. The van der Waals surface area contributed by atoms with Crippen molar-refractivity contribution < 1.29 is 46.6 Å². The summed E-state index contributed by atoms with van der Waals surface area (Å²) in [5, 5.41) is 15.7. The Kier molecular flexibility index (Phi) is 12.9. The van der Waals surface area contributed by atoms with E-state index in [9.17, 15) is 31.9 Å². The number of halogens is 4. The second-order valence-corrected chi connectivity index (χ2v) is 11.4. The van der Waals surface area contributed by atoms with Gasteiger partial charge in [0.2, 0.25) is 0 Å². The van der Waals surface area contributed by atoms with Crippen molar-refractivity contribution in [2.24, 2.45) is 14.1 Å². The smallest absolute Gasteiger partial charge is 0.475 e. The van der Waals surface area contributed by atoms with E-state index in [1.54, 1.807) is 72.0 Å². The van der Waals surface area contributed by atoms with E-state index in [0.29, 0.717) is 48.1 Å². The van der Waals surface area contributed by atoms with Gasteiger partial charge >= 0.3 is 12.1 Å². The molecule has 1 aliphatic heterocycles. The first-order valence-electron chi connectivity index (χ1n) is 15.6. The average molecular weight is 713 g/mol. The van der Waals surface area contributed by atoms with Gasteiger partial charge in [-0.25, -0.2) is 9.18 Å². The van der Waals surface area contributed by atoms with E-state index in [-0.39, 0.29) is 23.5 Å². The van der Waals surface area contributed by atoms with Gasteiger partial charge in [-0.15, -0.1) is 0 Å². The summed E-state index contributed by atoms with van der Waals surface area (Å²) in [7, 11) is 3.46. The molecule has 51 heavy (non-hydrogen) atoms. The lowest BCUT2D eigenvalue weighted by Crippen LogP contribution is -2.41. The third-order valence-corrected chi connectivity index (χ3v) is 7.56. The summed E-state index contributed by atoms with van der Waals surface area (Å²) < 4.78 is 53.5. The molecule has 2 aromatic carbocycles. The second-order valence-electron chi connectivity index (χ2n) is 11.4. The van der Waals surface area contributed by atoms with Crippen LogP contribution in [-0.2, 0) is 23.6 Å². The molecule has 0 saturated carbocycles. The van der Waals surface area contributed by atoms with Crippen LogP contribution in [0.5, 0.6) is 0 Å². The van der Waals surface area contributed by atoms with E-state index in [1.807, 2.05) is 24.3 Å². The zero-order valence-corrected chi connectivity index (χ0v) is 27.7. The van der Waals surface area contributed by atoms with Gasteiger partial charge in [0, 0.05) is 58.2 Å². The Balaban J connectivity index is 0.000000755. The molecule has 1 fully saturated rings. The summed E-state index contributed by atoms with van der Waals surface area (Å²) in [5.74, 6) is -3.96. The summed E-state index contributed by atoms with van der Waals surface area (Å²) in [6, 6.07) is 16.5. The number of amides is 3. The zero-order valence-electron chi connectivity index (χ0n) is 27.7. The lowest BCUT2D eigenvalue weighted by molar-refractivity contribution is -0.192. The molecule has 5 rings (SSSR count). The monoisotopic (exact) mass is 712 g/mol. The number of morpholine rings is 1. The molecule has 0 aliphatic carbocycles. The molecule has 4 aromatic rings. The van der Waals surface area contributed by atoms with Crippen LogP contribution in [0, 0.1) is 5.82 Å². The van der Waals surface area contributed by atoms with E-state index in [4.69, 9.17) is 14.6 Å². The van der Waals surface area contributed by atoms with Crippen molar-refractivity contribution in [1.29, 1.82) is 0 Å². The van der Waals surface area contributed by atoms with Crippen LogP contribution in [-0.4, -0.2) is 88.4 Å². The van der Waals surface area contributed by atoms with Crippen molar-refractivity contribution in [3.63, 3.8) is 0 Å². The van der Waals surface area contributed by atoms with Crippen molar-refractivity contribution in [3.8, 4) is 0 Å². The first-order valence-corrected chi connectivity index (χ1v) is 15.6. The van der Waals surface area contributed by atoms with Gasteiger partial charge in [-0.3, -0.25) is 19.3 Å². The molecule has 3 amide bonds. The minimum absolute atomic E-state index is 0.220. The number of aromatic nitrogens is 2. The number of carbonyl (C=O) groups excluding carboxylic acids is 3. The van der Waals surface area contributed by atoms with Gasteiger partial charge in [0.25, 0.3) is 17.7 Å². The molecule has 0 atom stereocenters. The number of hydrogen-bond donors (Lipinski definition) is 4. The van der Waals surface area contributed by atoms with Crippen LogP contribution >= 0.6 is 0 Å². The largest absolute Gasteiger partial charge is 0.490 e. The molecule has 16 heteroatoms. The maximum atomic E-state index is 13.1. The van der Waals surface area contributed by atoms with Crippen LogP contribution in [0.1, 0.15) is 42.5 Å². The van der Waals surface area contributed by atoms with Gasteiger partial charge < -0.3 is 34.9 Å². The van der Waals surface area contributed by atoms with Crippen LogP contribution < -0.4 is 16.0 Å². The highest BCUT2D eigenvalue weighted by Gasteiger charge is 2.38. The first-order chi connectivity index (χ1) is 24.2. The fourth-order valence-electron chi connectivity index (χ4n) is 4.87. The number of carboxylic acids is 1. The SMILES string of the molecule is Cn1cc(NC(=O)c2cc(NC(=O)c3ccc(/C=C/c4ccc(F)cc4)cc3)cn2C)cc1C(=O)NCCN1CCOCC1.O=C(O)C(F)(F)F.